The molecule has 5 heteroatoms. The first-order valence-electron chi connectivity index (χ1n) is 8.70. The number of benzene rings is 2. The van der Waals surface area contributed by atoms with Gasteiger partial charge in [-0.2, -0.15) is 0 Å². The van der Waals surface area contributed by atoms with E-state index in [4.69, 9.17) is 0 Å². The van der Waals surface area contributed by atoms with E-state index in [1.807, 2.05) is 35.7 Å². The van der Waals surface area contributed by atoms with E-state index in [0.29, 0.717) is 16.1 Å². The predicted molar refractivity (Wildman–Crippen MR) is 112 cm³/mol. The number of hydrogen-bond donors (Lipinski definition) is 2. The van der Waals surface area contributed by atoms with Gasteiger partial charge in [-0.05, 0) is 52.8 Å². The fourth-order valence-corrected chi connectivity index (χ4v) is 3.36. The van der Waals surface area contributed by atoms with E-state index < -0.39 is 0 Å². The average Bonchev–Trinajstić information content (AvgIpc) is 3.16. The highest BCUT2D eigenvalue weighted by Crippen LogP contribution is 2.29. The van der Waals surface area contributed by atoms with E-state index in [2.05, 4.69) is 31.4 Å². The Labute approximate surface area is 163 Å². The highest BCUT2D eigenvalue weighted by molar-refractivity contribution is 7.12. The van der Waals surface area contributed by atoms with Crippen molar-refractivity contribution in [3.8, 4) is 0 Å². The zero-order valence-corrected chi connectivity index (χ0v) is 16.4. The topological polar surface area (TPSA) is 58.2 Å². The number of rotatable bonds is 4. The number of amides is 2. The Morgan fingerprint density at radius 2 is 1.52 bits per heavy atom. The summed E-state index contributed by atoms with van der Waals surface area (Å²) < 4.78 is 0. The molecule has 2 amide bonds. The van der Waals surface area contributed by atoms with Gasteiger partial charge in [-0.3, -0.25) is 9.59 Å². The van der Waals surface area contributed by atoms with Gasteiger partial charge in [-0.15, -0.1) is 11.3 Å². The molecule has 1 heterocycles. The van der Waals surface area contributed by atoms with Gasteiger partial charge in [0.15, 0.2) is 0 Å². The van der Waals surface area contributed by atoms with E-state index in [-0.39, 0.29) is 17.2 Å². The molecular formula is C22H22N2O2S. The maximum Gasteiger partial charge on any atom is 0.265 e. The number of carbonyl (C=O) groups excluding carboxylic acids is 2. The summed E-state index contributed by atoms with van der Waals surface area (Å²) in [5.41, 5.74) is 3.01. The second kappa shape index (κ2) is 7.76. The molecule has 2 N–H and O–H groups in total. The Kier molecular flexibility index (Phi) is 5.42. The molecule has 0 aliphatic rings. The van der Waals surface area contributed by atoms with Crippen molar-refractivity contribution in [3.05, 3.63) is 82.0 Å². The van der Waals surface area contributed by atoms with E-state index in [1.165, 1.54) is 11.3 Å². The molecule has 138 valence electrons. The lowest BCUT2D eigenvalue weighted by atomic mass is 9.86. The molecule has 2 aromatic carbocycles. The van der Waals surface area contributed by atoms with Crippen molar-refractivity contribution in [1.82, 2.24) is 0 Å². The minimum Gasteiger partial charge on any atom is -0.322 e. The fraction of sp³-hybridized carbons (Fsp3) is 0.182. The Morgan fingerprint density at radius 3 is 2.15 bits per heavy atom. The molecule has 1 aromatic heterocycles. The van der Waals surface area contributed by atoms with E-state index in [0.717, 1.165) is 11.3 Å². The van der Waals surface area contributed by atoms with Gasteiger partial charge < -0.3 is 10.6 Å². The van der Waals surface area contributed by atoms with E-state index in [1.54, 1.807) is 30.3 Å². The van der Waals surface area contributed by atoms with E-state index >= 15 is 0 Å². The number of anilines is 2. The van der Waals surface area contributed by atoms with Crippen LogP contribution in [0.1, 0.15) is 46.4 Å². The SMILES string of the molecule is CC(C)(C)c1ccccc1NC(=O)c1ccc(NC(=O)c2cccs2)cc1. The van der Waals surface area contributed by atoms with Crippen LogP contribution < -0.4 is 10.6 Å². The number of para-hydroxylation sites is 1. The quantitative estimate of drug-likeness (QED) is 0.625. The average molecular weight is 378 g/mol. The zero-order chi connectivity index (χ0) is 19.4. The second-order valence-electron chi connectivity index (χ2n) is 7.26. The summed E-state index contributed by atoms with van der Waals surface area (Å²) in [5, 5.41) is 7.68. The molecule has 27 heavy (non-hydrogen) atoms. The smallest absolute Gasteiger partial charge is 0.265 e. The van der Waals surface area contributed by atoms with Crippen LogP contribution in [0.2, 0.25) is 0 Å². The standard InChI is InChI=1S/C22H22N2O2S/c1-22(2,3)17-7-4-5-8-18(17)24-20(25)15-10-12-16(13-11-15)23-21(26)19-9-6-14-27-19/h4-14H,1-3H3,(H,23,26)(H,24,25). The Morgan fingerprint density at radius 1 is 0.815 bits per heavy atom. The highest BCUT2D eigenvalue weighted by Gasteiger charge is 2.19. The van der Waals surface area contributed by atoms with Crippen LogP contribution in [0.15, 0.2) is 66.0 Å². The normalized spacial score (nSPS) is 11.1. The zero-order valence-electron chi connectivity index (χ0n) is 15.6. The summed E-state index contributed by atoms with van der Waals surface area (Å²) in [5.74, 6) is -0.330. The lowest BCUT2D eigenvalue weighted by Gasteiger charge is -2.23. The fourth-order valence-electron chi connectivity index (χ4n) is 2.75. The monoisotopic (exact) mass is 378 g/mol. The number of carbonyl (C=O) groups is 2. The maximum absolute atomic E-state index is 12.6. The van der Waals surface area contributed by atoms with Crippen LogP contribution in [-0.2, 0) is 5.41 Å². The molecule has 0 saturated heterocycles. The van der Waals surface area contributed by atoms with Crippen LogP contribution in [0.4, 0.5) is 11.4 Å². The third-order valence-electron chi connectivity index (χ3n) is 4.13. The first-order chi connectivity index (χ1) is 12.8. The van der Waals surface area contributed by atoms with E-state index in [9.17, 15) is 9.59 Å². The van der Waals surface area contributed by atoms with Crippen LogP contribution in [0.5, 0.6) is 0 Å². The molecule has 0 aliphatic carbocycles. The summed E-state index contributed by atoms with van der Waals surface area (Å²) in [6, 6.07) is 18.3. The molecule has 0 bridgehead atoms. The van der Waals surface area contributed by atoms with Crippen molar-refractivity contribution in [2.45, 2.75) is 26.2 Å². The summed E-state index contributed by atoms with van der Waals surface area (Å²) in [7, 11) is 0. The molecule has 3 rings (SSSR count). The van der Waals surface area contributed by atoms with Crippen molar-refractivity contribution in [3.63, 3.8) is 0 Å². The minimum atomic E-state index is -0.178. The van der Waals surface area contributed by atoms with Crippen molar-refractivity contribution < 1.29 is 9.59 Å². The largest absolute Gasteiger partial charge is 0.322 e. The van der Waals surface area contributed by atoms with Crippen molar-refractivity contribution in [2.24, 2.45) is 0 Å². The van der Waals surface area contributed by atoms with Gasteiger partial charge in [0.1, 0.15) is 0 Å². The van der Waals surface area contributed by atoms with Crippen LogP contribution in [0.25, 0.3) is 0 Å². The van der Waals surface area contributed by atoms with Crippen molar-refractivity contribution in [1.29, 1.82) is 0 Å². The predicted octanol–water partition coefficient (Wildman–Crippen LogP) is 5.55. The highest BCUT2D eigenvalue weighted by atomic mass is 32.1. The Hall–Kier alpha value is -2.92. The maximum atomic E-state index is 12.6. The number of hydrogen-bond acceptors (Lipinski definition) is 3. The molecule has 0 aliphatic heterocycles. The van der Waals surface area contributed by atoms with Gasteiger partial charge in [-0.1, -0.05) is 45.0 Å². The van der Waals surface area contributed by atoms with Crippen LogP contribution in [0, 0.1) is 0 Å². The summed E-state index contributed by atoms with van der Waals surface area (Å²) in [6.45, 7) is 6.34. The molecule has 0 unspecified atom stereocenters. The molecule has 3 aromatic rings. The van der Waals surface area contributed by atoms with Gasteiger partial charge in [0.05, 0.1) is 4.88 Å². The molecule has 4 nitrogen and oxygen atoms in total. The lowest BCUT2D eigenvalue weighted by molar-refractivity contribution is 0.102. The molecule has 0 atom stereocenters. The molecule has 0 spiro atoms. The van der Waals surface area contributed by atoms with Crippen molar-refractivity contribution >= 4 is 34.5 Å². The third-order valence-corrected chi connectivity index (χ3v) is 5.00. The third kappa shape index (κ3) is 4.63. The van der Waals surface area contributed by atoms with Crippen LogP contribution >= 0.6 is 11.3 Å². The van der Waals surface area contributed by atoms with Gasteiger partial charge in [-0.25, -0.2) is 0 Å². The molecule has 0 radical (unpaired) electrons. The minimum absolute atomic E-state index is 0.0696. The molecule has 0 saturated carbocycles. The van der Waals surface area contributed by atoms with Gasteiger partial charge in [0, 0.05) is 16.9 Å². The van der Waals surface area contributed by atoms with Gasteiger partial charge in [0.2, 0.25) is 0 Å². The Bertz CT molecular complexity index is 939. The summed E-state index contributed by atoms with van der Waals surface area (Å²) in [6.07, 6.45) is 0. The Balaban J connectivity index is 1.71. The summed E-state index contributed by atoms with van der Waals surface area (Å²) >= 11 is 1.39. The summed E-state index contributed by atoms with van der Waals surface area (Å²) in [4.78, 5) is 25.4. The lowest BCUT2D eigenvalue weighted by Crippen LogP contribution is -2.18. The second-order valence-corrected chi connectivity index (χ2v) is 8.21. The first-order valence-corrected chi connectivity index (χ1v) is 9.58. The number of nitrogens with one attached hydrogen (secondary N) is 2. The first kappa shape index (κ1) is 18.9. The molecule has 0 fully saturated rings. The molecular weight excluding hydrogens is 356 g/mol. The van der Waals surface area contributed by atoms with Gasteiger partial charge >= 0.3 is 0 Å². The van der Waals surface area contributed by atoms with Crippen LogP contribution in [-0.4, -0.2) is 11.8 Å². The van der Waals surface area contributed by atoms with Crippen molar-refractivity contribution in [2.75, 3.05) is 10.6 Å². The van der Waals surface area contributed by atoms with Gasteiger partial charge in [0.25, 0.3) is 11.8 Å². The van der Waals surface area contributed by atoms with Crippen LogP contribution in [0.3, 0.4) is 0 Å². The number of thiophene rings is 1.